The van der Waals surface area contributed by atoms with Gasteiger partial charge in [-0.3, -0.25) is 0 Å². The van der Waals surface area contributed by atoms with Crippen LogP contribution in [0.3, 0.4) is 0 Å². The second-order valence-corrected chi connectivity index (χ2v) is 5.49. The molecular formula is C14H23N3. The molecule has 94 valence electrons. The molecule has 0 amide bonds. The Hall–Kier alpha value is -0.960. The minimum absolute atomic E-state index is 0.631. The summed E-state index contributed by atoms with van der Waals surface area (Å²) >= 11 is 0. The number of hydrogen-bond acceptors (Lipinski definition) is 3. The Morgan fingerprint density at radius 3 is 2.71 bits per heavy atom. The van der Waals surface area contributed by atoms with Gasteiger partial charge in [0.25, 0.3) is 0 Å². The molecule has 0 radical (unpaired) electrons. The Morgan fingerprint density at radius 1 is 1.41 bits per heavy atom. The summed E-state index contributed by atoms with van der Waals surface area (Å²) in [7, 11) is 0. The fraction of sp³-hybridized carbons (Fsp3) is 0.714. The second-order valence-electron chi connectivity index (χ2n) is 5.49. The first-order valence-electron chi connectivity index (χ1n) is 6.70. The molecule has 0 aliphatic heterocycles. The zero-order chi connectivity index (χ0) is 12.3. The van der Waals surface area contributed by atoms with Gasteiger partial charge in [-0.2, -0.15) is 0 Å². The molecule has 1 aromatic rings. The molecule has 3 nitrogen and oxygen atoms in total. The lowest BCUT2D eigenvalue weighted by molar-refractivity contribution is 0.400. The van der Waals surface area contributed by atoms with Crippen molar-refractivity contribution < 1.29 is 0 Å². The molecule has 1 fully saturated rings. The van der Waals surface area contributed by atoms with Crippen molar-refractivity contribution in [2.24, 2.45) is 5.92 Å². The van der Waals surface area contributed by atoms with Gasteiger partial charge in [0.05, 0.1) is 0 Å². The van der Waals surface area contributed by atoms with Crippen molar-refractivity contribution in [3.63, 3.8) is 0 Å². The van der Waals surface area contributed by atoms with Gasteiger partial charge in [0.2, 0.25) is 0 Å². The van der Waals surface area contributed by atoms with Crippen LogP contribution in [-0.4, -0.2) is 16.5 Å². The molecule has 0 unspecified atom stereocenters. The topological polar surface area (TPSA) is 37.8 Å². The molecule has 0 spiro atoms. The highest BCUT2D eigenvalue weighted by atomic mass is 14.9. The number of aromatic nitrogens is 2. The van der Waals surface area contributed by atoms with Crippen LogP contribution in [-0.2, 0) is 6.54 Å². The lowest BCUT2D eigenvalue weighted by Gasteiger charge is -2.24. The Bertz CT molecular complexity index is 370. The summed E-state index contributed by atoms with van der Waals surface area (Å²) in [5, 5.41) is 3.44. The predicted molar refractivity (Wildman–Crippen MR) is 69.9 cm³/mol. The van der Waals surface area contributed by atoms with E-state index in [1.807, 2.05) is 6.20 Å². The SMILES string of the molecule is Cc1nc(C2CCC2)ncc1CNCC(C)C. The number of aryl methyl sites for hydroxylation is 1. The van der Waals surface area contributed by atoms with E-state index < -0.39 is 0 Å². The summed E-state index contributed by atoms with van der Waals surface area (Å²) in [6.07, 6.45) is 5.88. The van der Waals surface area contributed by atoms with Crippen molar-refractivity contribution in [1.82, 2.24) is 15.3 Å². The third-order valence-corrected chi connectivity index (χ3v) is 3.44. The summed E-state index contributed by atoms with van der Waals surface area (Å²) in [6, 6.07) is 0. The third kappa shape index (κ3) is 3.25. The van der Waals surface area contributed by atoms with E-state index in [0.29, 0.717) is 11.8 Å². The van der Waals surface area contributed by atoms with Crippen molar-refractivity contribution in [2.75, 3.05) is 6.54 Å². The maximum atomic E-state index is 4.64. The van der Waals surface area contributed by atoms with E-state index in [1.165, 1.54) is 24.8 Å². The van der Waals surface area contributed by atoms with Crippen LogP contribution in [0.15, 0.2) is 6.20 Å². The van der Waals surface area contributed by atoms with E-state index in [0.717, 1.165) is 24.6 Å². The number of rotatable bonds is 5. The molecule has 0 aromatic carbocycles. The molecular weight excluding hydrogens is 210 g/mol. The standard InChI is InChI=1S/C14H23N3/c1-10(2)7-15-8-13-9-16-14(17-11(13)3)12-5-4-6-12/h9-10,12,15H,4-8H2,1-3H3. The zero-order valence-electron chi connectivity index (χ0n) is 11.2. The molecule has 3 heteroatoms. The molecule has 0 bridgehead atoms. The molecule has 1 N–H and O–H groups in total. The van der Waals surface area contributed by atoms with Gasteiger partial charge in [0.15, 0.2) is 0 Å². The van der Waals surface area contributed by atoms with Gasteiger partial charge >= 0.3 is 0 Å². The fourth-order valence-corrected chi connectivity index (χ4v) is 2.04. The summed E-state index contributed by atoms with van der Waals surface area (Å²) < 4.78 is 0. The van der Waals surface area contributed by atoms with Gasteiger partial charge < -0.3 is 5.32 Å². The number of hydrogen-bond donors (Lipinski definition) is 1. The van der Waals surface area contributed by atoms with Crippen LogP contribution >= 0.6 is 0 Å². The number of nitrogens with one attached hydrogen (secondary N) is 1. The first-order valence-corrected chi connectivity index (χ1v) is 6.70. The van der Waals surface area contributed by atoms with Crippen LogP contribution in [0.25, 0.3) is 0 Å². The van der Waals surface area contributed by atoms with E-state index in [2.05, 4.69) is 36.1 Å². The summed E-state index contributed by atoms with van der Waals surface area (Å²) in [4.78, 5) is 9.15. The lowest BCUT2D eigenvalue weighted by Crippen LogP contribution is -2.21. The van der Waals surface area contributed by atoms with Crippen molar-refractivity contribution in [1.29, 1.82) is 0 Å². The van der Waals surface area contributed by atoms with Gasteiger partial charge in [-0.05, 0) is 32.2 Å². The first kappa shape index (κ1) is 12.5. The zero-order valence-corrected chi connectivity index (χ0v) is 11.2. The molecule has 1 aliphatic rings. The van der Waals surface area contributed by atoms with Crippen LogP contribution in [0, 0.1) is 12.8 Å². The van der Waals surface area contributed by atoms with Gasteiger partial charge in [-0.25, -0.2) is 9.97 Å². The lowest BCUT2D eigenvalue weighted by atomic mass is 9.85. The molecule has 2 rings (SSSR count). The minimum Gasteiger partial charge on any atom is -0.312 e. The summed E-state index contributed by atoms with van der Waals surface area (Å²) in [5.74, 6) is 2.37. The van der Waals surface area contributed by atoms with Crippen molar-refractivity contribution in [3.8, 4) is 0 Å². The maximum Gasteiger partial charge on any atom is 0.131 e. The Morgan fingerprint density at radius 2 is 2.18 bits per heavy atom. The molecule has 0 saturated heterocycles. The Labute approximate surface area is 104 Å². The quantitative estimate of drug-likeness (QED) is 0.849. The molecule has 1 saturated carbocycles. The van der Waals surface area contributed by atoms with E-state index in [9.17, 15) is 0 Å². The van der Waals surface area contributed by atoms with Crippen LogP contribution < -0.4 is 5.32 Å². The molecule has 1 heterocycles. The normalized spacial score (nSPS) is 16.2. The van der Waals surface area contributed by atoms with E-state index in [4.69, 9.17) is 0 Å². The number of nitrogens with zero attached hydrogens (tertiary/aromatic N) is 2. The molecule has 17 heavy (non-hydrogen) atoms. The molecule has 0 atom stereocenters. The van der Waals surface area contributed by atoms with E-state index >= 15 is 0 Å². The molecule has 1 aromatic heterocycles. The van der Waals surface area contributed by atoms with Gasteiger partial charge in [0, 0.05) is 29.9 Å². The van der Waals surface area contributed by atoms with Gasteiger partial charge in [-0.1, -0.05) is 20.3 Å². The summed E-state index contributed by atoms with van der Waals surface area (Å²) in [5.41, 5.74) is 2.37. The van der Waals surface area contributed by atoms with Gasteiger partial charge in [0.1, 0.15) is 5.82 Å². The molecule has 1 aliphatic carbocycles. The average Bonchev–Trinajstić information content (AvgIpc) is 2.18. The Kier molecular flexibility index (Phi) is 4.11. The van der Waals surface area contributed by atoms with Crippen molar-refractivity contribution in [2.45, 2.75) is 52.5 Å². The highest BCUT2D eigenvalue weighted by molar-refractivity contribution is 5.17. The second kappa shape index (κ2) is 5.58. The summed E-state index contributed by atoms with van der Waals surface area (Å²) in [6.45, 7) is 8.46. The largest absolute Gasteiger partial charge is 0.312 e. The smallest absolute Gasteiger partial charge is 0.131 e. The highest BCUT2D eigenvalue weighted by Gasteiger charge is 2.22. The van der Waals surface area contributed by atoms with Gasteiger partial charge in [-0.15, -0.1) is 0 Å². The predicted octanol–water partition coefficient (Wildman–Crippen LogP) is 2.80. The van der Waals surface area contributed by atoms with Crippen molar-refractivity contribution >= 4 is 0 Å². The first-order chi connectivity index (χ1) is 8.16. The average molecular weight is 233 g/mol. The van der Waals surface area contributed by atoms with Crippen LogP contribution in [0.2, 0.25) is 0 Å². The monoisotopic (exact) mass is 233 g/mol. The fourth-order valence-electron chi connectivity index (χ4n) is 2.04. The van der Waals surface area contributed by atoms with E-state index in [1.54, 1.807) is 0 Å². The van der Waals surface area contributed by atoms with Crippen LogP contribution in [0.5, 0.6) is 0 Å². The maximum absolute atomic E-state index is 4.64. The minimum atomic E-state index is 0.631. The van der Waals surface area contributed by atoms with Crippen molar-refractivity contribution in [3.05, 3.63) is 23.3 Å². The van der Waals surface area contributed by atoms with Crippen LogP contribution in [0.1, 0.15) is 56.1 Å². The van der Waals surface area contributed by atoms with Crippen LogP contribution in [0.4, 0.5) is 0 Å². The third-order valence-electron chi connectivity index (χ3n) is 3.44. The van der Waals surface area contributed by atoms with E-state index in [-0.39, 0.29) is 0 Å². The highest BCUT2D eigenvalue weighted by Crippen LogP contribution is 2.34. The Balaban J connectivity index is 1.94.